The summed E-state index contributed by atoms with van der Waals surface area (Å²) in [6.07, 6.45) is 1.64. The van der Waals surface area contributed by atoms with E-state index in [0.717, 1.165) is 5.82 Å². The number of hydrogen-bond donors (Lipinski definition) is 0. The molecule has 1 aliphatic rings. The highest BCUT2D eigenvalue weighted by atomic mass is 35.5. The van der Waals surface area contributed by atoms with Crippen LogP contribution in [0.4, 0.5) is 5.82 Å². The van der Waals surface area contributed by atoms with Crippen LogP contribution in [0.25, 0.3) is 11.5 Å². The maximum absolute atomic E-state index is 13.1. The van der Waals surface area contributed by atoms with Crippen molar-refractivity contribution in [3.63, 3.8) is 0 Å². The molecule has 1 aromatic carbocycles. The highest BCUT2D eigenvalue weighted by Gasteiger charge is 2.25. The Hall–Kier alpha value is -2.93. The summed E-state index contributed by atoms with van der Waals surface area (Å²) in [6, 6.07) is 11.0. The Bertz CT molecular complexity index is 949. The summed E-state index contributed by atoms with van der Waals surface area (Å²) in [7, 11) is 0. The third-order valence-electron chi connectivity index (χ3n) is 4.52. The number of aromatic nitrogens is 3. The van der Waals surface area contributed by atoms with Crippen molar-refractivity contribution in [2.45, 2.75) is 6.92 Å². The van der Waals surface area contributed by atoms with Gasteiger partial charge < -0.3 is 14.3 Å². The van der Waals surface area contributed by atoms with Gasteiger partial charge >= 0.3 is 0 Å². The number of pyridine rings is 1. The second kappa shape index (κ2) is 7.36. The van der Waals surface area contributed by atoms with E-state index in [2.05, 4.69) is 20.0 Å². The molecule has 0 spiro atoms. The number of carbonyl (C=O) groups excluding carboxylic acids is 1. The highest BCUT2D eigenvalue weighted by molar-refractivity contribution is 6.30. The van der Waals surface area contributed by atoms with Gasteiger partial charge in [0, 0.05) is 32.4 Å². The molecule has 0 saturated carbocycles. The van der Waals surface area contributed by atoms with Gasteiger partial charge in [0.05, 0.1) is 16.1 Å². The van der Waals surface area contributed by atoms with E-state index < -0.39 is 0 Å². The number of amides is 1. The number of anilines is 1. The lowest BCUT2D eigenvalue weighted by Gasteiger charge is -2.35. The van der Waals surface area contributed by atoms with Gasteiger partial charge in [0.25, 0.3) is 11.8 Å². The summed E-state index contributed by atoms with van der Waals surface area (Å²) >= 11 is 5.90. The first-order chi connectivity index (χ1) is 13.1. The molecule has 8 heteroatoms. The minimum Gasteiger partial charge on any atom is -0.353 e. The molecule has 3 heterocycles. The average Bonchev–Trinajstić information content (AvgIpc) is 3.14. The summed E-state index contributed by atoms with van der Waals surface area (Å²) in [4.78, 5) is 25.7. The van der Waals surface area contributed by atoms with Crippen LogP contribution in [-0.2, 0) is 0 Å². The predicted molar refractivity (Wildman–Crippen MR) is 102 cm³/mol. The molecule has 3 aromatic rings. The smallest absolute Gasteiger partial charge is 0.258 e. The first kappa shape index (κ1) is 17.5. The molecule has 7 nitrogen and oxygen atoms in total. The van der Waals surface area contributed by atoms with E-state index in [1.54, 1.807) is 19.2 Å². The molecule has 2 aromatic heterocycles. The van der Waals surface area contributed by atoms with Crippen molar-refractivity contribution in [1.29, 1.82) is 0 Å². The lowest BCUT2D eigenvalue weighted by molar-refractivity contribution is 0.0747. The Morgan fingerprint density at radius 2 is 1.89 bits per heavy atom. The molecule has 0 bridgehead atoms. The van der Waals surface area contributed by atoms with Crippen molar-refractivity contribution >= 4 is 23.3 Å². The van der Waals surface area contributed by atoms with Gasteiger partial charge in [-0.05, 0) is 31.2 Å². The molecule has 0 atom stereocenters. The predicted octanol–water partition coefficient (Wildman–Crippen LogP) is 3.06. The SMILES string of the molecule is Cc1noc(-c2ccccc2C(=O)N2CCN(c3ccc(Cl)cn3)CC2)n1. The van der Waals surface area contributed by atoms with Gasteiger partial charge in [0.15, 0.2) is 5.82 Å². The summed E-state index contributed by atoms with van der Waals surface area (Å²) in [5, 5.41) is 4.43. The molecular weight excluding hydrogens is 366 g/mol. The van der Waals surface area contributed by atoms with Crippen LogP contribution in [0.15, 0.2) is 47.1 Å². The van der Waals surface area contributed by atoms with Crippen LogP contribution in [0, 0.1) is 6.92 Å². The zero-order chi connectivity index (χ0) is 18.8. The molecule has 1 amide bonds. The van der Waals surface area contributed by atoms with Crippen LogP contribution >= 0.6 is 11.6 Å². The number of carbonyl (C=O) groups is 1. The van der Waals surface area contributed by atoms with Gasteiger partial charge in [-0.3, -0.25) is 4.79 Å². The summed E-state index contributed by atoms with van der Waals surface area (Å²) < 4.78 is 5.25. The topological polar surface area (TPSA) is 75.4 Å². The van der Waals surface area contributed by atoms with Crippen LogP contribution in [-0.4, -0.2) is 52.1 Å². The van der Waals surface area contributed by atoms with E-state index in [1.807, 2.05) is 35.2 Å². The molecule has 1 fully saturated rings. The summed E-state index contributed by atoms with van der Waals surface area (Å²) in [5.74, 6) is 1.73. The van der Waals surface area contributed by atoms with Crippen molar-refractivity contribution in [2.24, 2.45) is 0 Å². The standard InChI is InChI=1S/C19H18ClN5O2/c1-13-22-18(27-23-13)15-4-2-3-5-16(15)19(26)25-10-8-24(9-11-25)17-7-6-14(20)12-21-17/h2-7,12H,8-11H2,1H3. The molecule has 0 aliphatic carbocycles. The first-order valence-corrected chi connectivity index (χ1v) is 9.05. The van der Waals surface area contributed by atoms with Gasteiger partial charge in [-0.25, -0.2) is 4.98 Å². The Morgan fingerprint density at radius 3 is 2.56 bits per heavy atom. The fourth-order valence-corrected chi connectivity index (χ4v) is 3.24. The van der Waals surface area contributed by atoms with Gasteiger partial charge in [0.1, 0.15) is 5.82 Å². The number of benzene rings is 1. The third kappa shape index (κ3) is 3.64. The van der Waals surface area contributed by atoms with E-state index in [0.29, 0.717) is 54.0 Å². The molecule has 0 radical (unpaired) electrons. The van der Waals surface area contributed by atoms with Crippen LogP contribution < -0.4 is 4.90 Å². The number of piperazine rings is 1. The molecule has 0 N–H and O–H groups in total. The Kier molecular flexibility index (Phi) is 4.77. The fraction of sp³-hybridized carbons (Fsp3) is 0.263. The summed E-state index contributed by atoms with van der Waals surface area (Å²) in [5.41, 5.74) is 1.23. The number of hydrogen-bond acceptors (Lipinski definition) is 6. The molecule has 0 unspecified atom stereocenters. The largest absolute Gasteiger partial charge is 0.353 e. The number of aryl methyl sites for hydroxylation is 1. The highest BCUT2D eigenvalue weighted by Crippen LogP contribution is 2.24. The van der Waals surface area contributed by atoms with Gasteiger partial charge in [-0.2, -0.15) is 4.98 Å². The zero-order valence-electron chi connectivity index (χ0n) is 14.8. The van der Waals surface area contributed by atoms with E-state index in [1.165, 1.54) is 0 Å². The second-order valence-electron chi connectivity index (χ2n) is 6.31. The van der Waals surface area contributed by atoms with Crippen molar-refractivity contribution in [1.82, 2.24) is 20.0 Å². The average molecular weight is 384 g/mol. The monoisotopic (exact) mass is 383 g/mol. The van der Waals surface area contributed by atoms with Crippen LogP contribution in [0.3, 0.4) is 0 Å². The van der Waals surface area contributed by atoms with Crippen LogP contribution in [0.5, 0.6) is 0 Å². The molecule has 27 heavy (non-hydrogen) atoms. The maximum Gasteiger partial charge on any atom is 0.258 e. The second-order valence-corrected chi connectivity index (χ2v) is 6.74. The Labute approximate surface area is 161 Å². The summed E-state index contributed by atoms with van der Waals surface area (Å²) in [6.45, 7) is 4.40. The molecule has 4 rings (SSSR count). The lowest BCUT2D eigenvalue weighted by Crippen LogP contribution is -2.49. The Balaban J connectivity index is 1.49. The quantitative estimate of drug-likeness (QED) is 0.692. The van der Waals surface area contributed by atoms with Crippen molar-refractivity contribution in [3.05, 3.63) is 59.0 Å². The third-order valence-corrected chi connectivity index (χ3v) is 4.74. The fourth-order valence-electron chi connectivity index (χ4n) is 3.13. The minimum absolute atomic E-state index is 0.0369. The molecule has 1 saturated heterocycles. The molecular formula is C19H18ClN5O2. The van der Waals surface area contributed by atoms with Crippen molar-refractivity contribution in [2.75, 3.05) is 31.1 Å². The van der Waals surface area contributed by atoms with E-state index >= 15 is 0 Å². The maximum atomic E-state index is 13.1. The zero-order valence-corrected chi connectivity index (χ0v) is 15.6. The normalized spacial score (nSPS) is 14.4. The van der Waals surface area contributed by atoms with E-state index in [4.69, 9.17) is 16.1 Å². The number of rotatable bonds is 3. The van der Waals surface area contributed by atoms with Crippen molar-refractivity contribution in [3.8, 4) is 11.5 Å². The lowest BCUT2D eigenvalue weighted by atomic mass is 10.1. The van der Waals surface area contributed by atoms with Crippen LogP contribution in [0.2, 0.25) is 5.02 Å². The van der Waals surface area contributed by atoms with Crippen molar-refractivity contribution < 1.29 is 9.32 Å². The number of nitrogens with zero attached hydrogens (tertiary/aromatic N) is 5. The minimum atomic E-state index is -0.0369. The van der Waals surface area contributed by atoms with E-state index in [9.17, 15) is 4.79 Å². The van der Waals surface area contributed by atoms with Gasteiger partial charge in [-0.1, -0.05) is 28.9 Å². The first-order valence-electron chi connectivity index (χ1n) is 8.67. The Morgan fingerprint density at radius 1 is 1.11 bits per heavy atom. The molecule has 1 aliphatic heterocycles. The van der Waals surface area contributed by atoms with Gasteiger partial charge in [-0.15, -0.1) is 0 Å². The van der Waals surface area contributed by atoms with E-state index in [-0.39, 0.29) is 5.91 Å². The molecule has 138 valence electrons. The van der Waals surface area contributed by atoms with Crippen LogP contribution in [0.1, 0.15) is 16.2 Å². The number of halogens is 1. The van der Waals surface area contributed by atoms with Gasteiger partial charge in [0.2, 0.25) is 0 Å².